The van der Waals surface area contributed by atoms with E-state index >= 15 is 0 Å². The van der Waals surface area contributed by atoms with Gasteiger partial charge in [0.15, 0.2) is 0 Å². The van der Waals surface area contributed by atoms with Crippen molar-refractivity contribution in [1.29, 1.82) is 0 Å². The second-order valence-electron chi connectivity index (χ2n) is 5.41. The van der Waals surface area contributed by atoms with Gasteiger partial charge in [-0.3, -0.25) is 4.90 Å². The van der Waals surface area contributed by atoms with Crippen LogP contribution in [0.25, 0.3) is 0 Å². The van der Waals surface area contributed by atoms with Gasteiger partial charge in [0.2, 0.25) is 0 Å². The largest absolute Gasteiger partial charge is 0.313 e. The first-order valence-corrected chi connectivity index (χ1v) is 6.68. The summed E-state index contributed by atoms with van der Waals surface area (Å²) in [4.78, 5) is 2.59. The maximum absolute atomic E-state index is 3.56. The second kappa shape index (κ2) is 5.65. The third kappa shape index (κ3) is 3.55. The van der Waals surface area contributed by atoms with Crippen molar-refractivity contribution >= 4 is 0 Å². The number of nitrogens with one attached hydrogen (secondary N) is 1. The molecule has 1 fully saturated rings. The molecule has 0 bridgehead atoms. The molecule has 0 saturated carbocycles. The average Bonchev–Trinajstić information content (AvgIpc) is 2.45. The number of nitrogens with zero attached hydrogens (tertiary/aromatic N) is 1. The minimum Gasteiger partial charge on any atom is -0.313 e. The molecule has 2 heteroatoms. The molecular weight excluding hydrogens is 208 g/mol. The molecule has 17 heavy (non-hydrogen) atoms. The summed E-state index contributed by atoms with van der Waals surface area (Å²) in [5.74, 6) is 0. The van der Waals surface area contributed by atoms with Crippen LogP contribution < -0.4 is 5.32 Å². The van der Waals surface area contributed by atoms with Crippen LogP contribution in [0.3, 0.4) is 0 Å². The Kier molecular flexibility index (Phi) is 4.19. The zero-order valence-electron chi connectivity index (χ0n) is 11.2. The van der Waals surface area contributed by atoms with E-state index in [0.29, 0.717) is 12.1 Å². The molecule has 0 aromatic heterocycles. The molecule has 2 unspecified atom stereocenters. The van der Waals surface area contributed by atoms with Crippen molar-refractivity contribution in [2.45, 2.75) is 45.8 Å². The smallest absolute Gasteiger partial charge is 0.0237 e. The normalized spacial score (nSPS) is 26.8. The van der Waals surface area contributed by atoms with Crippen LogP contribution in [0.2, 0.25) is 0 Å². The lowest BCUT2D eigenvalue weighted by Gasteiger charge is -2.28. The Morgan fingerprint density at radius 1 is 1.24 bits per heavy atom. The number of hydrogen-bond donors (Lipinski definition) is 1. The van der Waals surface area contributed by atoms with Gasteiger partial charge >= 0.3 is 0 Å². The van der Waals surface area contributed by atoms with Crippen molar-refractivity contribution in [3.8, 4) is 0 Å². The fourth-order valence-electron chi connectivity index (χ4n) is 2.47. The third-order valence-corrected chi connectivity index (χ3v) is 3.69. The molecule has 0 amide bonds. The minimum atomic E-state index is 0.602. The lowest BCUT2D eigenvalue weighted by molar-refractivity contribution is 0.199. The fourth-order valence-corrected chi connectivity index (χ4v) is 2.47. The maximum atomic E-state index is 3.56. The first-order valence-electron chi connectivity index (χ1n) is 6.68. The van der Waals surface area contributed by atoms with Gasteiger partial charge in [0, 0.05) is 25.2 Å². The van der Waals surface area contributed by atoms with Gasteiger partial charge in [-0.2, -0.15) is 0 Å². The average molecular weight is 232 g/mol. The highest BCUT2D eigenvalue weighted by Gasteiger charge is 2.20. The molecule has 1 heterocycles. The molecule has 1 saturated heterocycles. The standard InChI is InChI=1S/C15H24N2/c1-12-4-6-15(7-5-12)11-17-10-13(2)16-9-8-14(17)3/h4-7,13-14,16H,8-11H2,1-3H3. The summed E-state index contributed by atoms with van der Waals surface area (Å²) in [6.45, 7) is 10.1. The molecule has 0 spiro atoms. The summed E-state index contributed by atoms with van der Waals surface area (Å²) in [5, 5.41) is 3.56. The Bertz CT molecular complexity index is 344. The quantitative estimate of drug-likeness (QED) is 0.843. The molecule has 2 nitrogen and oxygen atoms in total. The third-order valence-electron chi connectivity index (χ3n) is 3.69. The number of hydrogen-bond acceptors (Lipinski definition) is 2. The number of benzene rings is 1. The van der Waals surface area contributed by atoms with Gasteiger partial charge in [-0.1, -0.05) is 29.8 Å². The van der Waals surface area contributed by atoms with Gasteiger partial charge in [0.1, 0.15) is 0 Å². The van der Waals surface area contributed by atoms with E-state index in [9.17, 15) is 0 Å². The second-order valence-corrected chi connectivity index (χ2v) is 5.41. The van der Waals surface area contributed by atoms with Crippen LogP contribution in [0.4, 0.5) is 0 Å². The Balaban J connectivity index is 2.02. The van der Waals surface area contributed by atoms with Crippen molar-refractivity contribution in [2.75, 3.05) is 13.1 Å². The van der Waals surface area contributed by atoms with Crippen LogP contribution in [-0.4, -0.2) is 30.1 Å². The molecule has 0 radical (unpaired) electrons. The summed E-state index contributed by atoms with van der Waals surface area (Å²) >= 11 is 0. The Hall–Kier alpha value is -0.860. The first-order chi connectivity index (χ1) is 8.15. The van der Waals surface area contributed by atoms with Crippen LogP contribution in [0.5, 0.6) is 0 Å². The molecule has 94 valence electrons. The van der Waals surface area contributed by atoms with E-state index in [4.69, 9.17) is 0 Å². The first kappa shape index (κ1) is 12.6. The molecular formula is C15H24N2. The van der Waals surface area contributed by atoms with Crippen molar-refractivity contribution in [3.63, 3.8) is 0 Å². The molecule has 1 aromatic rings. The van der Waals surface area contributed by atoms with Crippen molar-refractivity contribution in [2.24, 2.45) is 0 Å². The summed E-state index contributed by atoms with van der Waals surface area (Å²) in [5.41, 5.74) is 2.77. The molecule has 1 aliphatic heterocycles. The highest BCUT2D eigenvalue weighted by Crippen LogP contribution is 2.14. The number of rotatable bonds is 2. The van der Waals surface area contributed by atoms with Gasteiger partial charge in [-0.15, -0.1) is 0 Å². The zero-order valence-corrected chi connectivity index (χ0v) is 11.2. The predicted molar refractivity (Wildman–Crippen MR) is 73.1 cm³/mol. The van der Waals surface area contributed by atoms with Crippen LogP contribution in [0.15, 0.2) is 24.3 Å². The van der Waals surface area contributed by atoms with E-state index < -0.39 is 0 Å². The Morgan fingerprint density at radius 2 is 1.94 bits per heavy atom. The SMILES string of the molecule is Cc1ccc(CN2CC(C)NCCC2C)cc1. The van der Waals surface area contributed by atoms with Crippen LogP contribution in [-0.2, 0) is 6.54 Å². The van der Waals surface area contributed by atoms with Crippen molar-refractivity contribution in [3.05, 3.63) is 35.4 Å². The molecule has 0 aliphatic carbocycles. The molecule has 2 rings (SSSR count). The van der Waals surface area contributed by atoms with Gasteiger partial charge in [-0.05, 0) is 39.3 Å². The predicted octanol–water partition coefficient (Wildman–Crippen LogP) is 2.57. The monoisotopic (exact) mass is 232 g/mol. The Labute approximate surface area is 105 Å². The van der Waals surface area contributed by atoms with E-state index in [1.807, 2.05) is 0 Å². The lowest BCUT2D eigenvalue weighted by Crippen LogP contribution is -2.37. The highest BCUT2D eigenvalue weighted by atomic mass is 15.2. The maximum Gasteiger partial charge on any atom is 0.0237 e. The Morgan fingerprint density at radius 3 is 2.65 bits per heavy atom. The summed E-state index contributed by atoms with van der Waals surface area (Å²) in [6.07, 6.45) is 1.25. The van der Waals surface area contributed by atoms with Gasteiger partial charge in [0.25, 0.3) is 0 Å². The van der Waals surface area contributed by atoms with Crippen LogP contribution >= 0.6 is 0 Å². The van der Waals surface area contributed by atoms with Gasteiger partial charge in [0.05, 0.1) is 0 Å². The van der Waals surface area contributed by atoms with E-state index in [1.165, 1.54) is 17.5 Å². The zero-order chi connectivity index (χ0) is 12.3. The van der Waals surface area contributed by atoms with Crippen LogP contribution in [0.1, 0.15) is 31.4 Å². The number of aryl methyl sites for hydroxylation is 1. The van der Waals surface area contributed by atoms with E-state index in [0.717, 1.165) is 19.6 Å². The summed E-state index contributed by atoms with van der Waals surface area (Å²) in [7, 11) is 0. The molecule has 1 aliphatic rings. The summed E-state index contributed by atoms with van der Waals surface area (Å²) in [6, 6.07) is 10.2. The molecule has 1 N–H and O–H groups in total. The van der Waals surface area contributed by atoms with Gasteiger partial charge in [-0.25, -0.2) is 0 Å². The van der Waals surface area contributed by atoms with E-state index in [2.05, 4.69) is 55.3 Å². The van der Waals surface area contributed by atoms with E-state index in [1.54, 1.807) is 0 Å². The summed E-state index contributed by atoms with van der Waals surface area (Å²) < 4.78 is 0. The van der Waals surface area contributed by atoms with Crippen molar-refractivity contribution in [1.82, 2.24) is 10.2 Å². The van der Waals surface area contributed by atoms with Crippen molar-refractivity contribution < 1.29 is 0 Å². The van der Waals surface area contributed by atoms with E-state index in [-0.39, 0.29) is 0 Å². The lowest BCUT2D eigenvalue weighted by atomic mass is 10.1. The highest BCUT2D eigenvalue weighted by molar-refractivity contribution is 5.21. The topological polar surface area (TPSA) is 15.3 Å². The van der Waals surface area contributed by atoms with Gasteiger partial charge < -0.3 is 5.32 Å². The molecule has 2 atom stereocenters. The fraction of sp³-hybridized carbons (Fsp3) is 0.600. The minimum absolute atomic E-state index is 0.602. The molecule has 1 aromatic carbocycles. The van der Waals surface area contributed by atoms with Crippen LogP contribution in [0, 0.1) is 6.92 Å².